The average molecular weight is 340 g/mol. The molecule has 1 aliphatic carbocycles. The molecule has 6 heteroatoms. The summed E-state index contributed by atoms with van der Waals surface area (Å²) in [6, 6.07) is 7.54. The average Bonchev–Trinajstić information content (AvgIpc) is 3.36. The molecule has 1 atom stereocenters. The summed E-state index contributed by atoms with van der Waals surface area (Å²) in [5, 5.41) is 0. The lowest BCUT2D eigenvalue weighted by Gasteiger charge is -2.34. The van der Waals surface area contributed by atoms with Gasteiger partial charge in [0.1, 0.15) is 5.75 Å². The number of nitrogens with zero attached hydrogens (tertiary/aromatic N) is 2. The van der Waals surface area contributed by atoms with Crippen molar-refractivity contribution < 1.29 is 13.2 Å². The molecule has 1 saturated carbocycles. The molecule has 0 heterocycles. The third kappa shape index (κ3) is 4.25. The summed E-state index contributed by atoms with van der Waals surface area (Å²) in [7, 11) is -0.206. The highest BCUT2D eigenvalue weighted by atomic mass is 32.2. The summed E-state index contributed by atoms with van der Waals surface area (Å²) in [5.41, 5.74) is 0.971. The first kappa shape index (κ1) is 18.2. The van der Waals surface area contributed by atoms with Crippen molar-refractivity contribution in [2.75, 3.05) is 14.2 Å². The van der Waals surface area contributed by atoms with Crippen LogP contribution in [0.15, 0.2) is 24.3 Å². The molecule has 2 rings (SSSR count). The molecule has 0 bridgehead atoms. The van der Waals surface area contributed by atoms with E-state index in [0.717, 1.165) is 24.2 Å². The van der Waals surface area contributed by atoms with Crippen LogP contribution < -0.4 is 4.74 Å². The van der Waals surface area contributed by atoms with Crippen LogP contribution in [0, 0.1) is 5.92 Å². The van der Waals surface area contributed by atoms with Gasteiger partial charge in [-0.15, -0.1) is 0 Å². The predicted octanol–water partition coefficient (Wildman–Crippen LogP) is 2.88. The third-order valence-corrected chi connectivity index (χ3v) is 6.85. The molecule has 130 valence electrons. The van der Waals surface area contributed by atoms with Gasteiger partial charge in [0.05, 0.1) is 7.11 Å². The van der Waals surface area contributed by atoms with Gasteiger partial charge in [-0.1, -0.05) is 12.1 Å². The quantitative estimate of drug-likeness (QED) is 0.731. The van der Waals surface area contributed by atoms with Crippen LogP contribution >= 0.6 is 0 Å². The van der Waals surface area contributed by atoms with Gasteiger partial charge in [-0.2, -0.15) is 17.0 Å². The van der Waals surface area contributed by atoms with E-state index in [2.05, 4.69) is 0 Å². The predicted molar refractivity (Wildman–Crippen MR) is 92.5 cm³/mol. The van der Waals surface area contributed by atoms with Crippen LogP contribution in [0.5, 0.6) is 5.75 Å². The van der Waals surface area contributed by atoms with Crippen molar-refractivity contribution in [1.82, 2.24) is 8.61 Å². The second kappa shape index (κ2) is 7.20. The molecule has 0 saturated heterocycles. The number of hydrogen-bond acceptors (Lipinski definition) is 3. The van der Waals surface area contributed by atoms with E-state index in [4.69, 9.17) is 4.74 Å². The largest absolute Gasteiger partial charge is 0.497 e. The van der Waals surface area contributed by atoms with E-state index in [1.54, 1.807) is 18.5 Å². The Morgan fingerprint density at radius 3 is 2.17 bits per heavy atom. The Bertz CT molecular complexity index is 609. The Kier molecular flexibility index (Phi) is 5.70. The lowest BCUT2D eigenvalue weighted by molar-refractivity contribution is 0.268. The van der Waals surface area contributed by atoms with Crippen LogP contribution in [0.4, 0.5) is 0 Å². The molecule has 1 unspecified atom stereocenters. The Hall–Kier alpha value is -1.11. The molecular formula is C17H28N2O3S. The lowest BCUT2D eigenvalue weighted by atomic mass is 10.1. The highest BCUT2D eigenvalue weighted by Gasteiger charge is 2.39. The van der Waals surface area contributed by atoms with Crippen LogP contribution in [0.3, 0.4) is 0 Å². The van der Waals surface area contributed by atoms with Gasteiger partial charge in [0.25, 0.3) is 10.2 Å². The smallest absolute Gasteiger partial charge is 0.282 e. The van der Waals surface area contributed by atoms with Crippen LogP contribution in [0.1, 0.15) is 39.2 Å². The fraction of sp³-hybridized carbons (Fsp3) is 0.647. The fourth-order valence-corrected chi connectivity index (χ4v) is 4.36. The highest BCUT2D eigenvalue weighted by Crippen LogP contribution is 2.37. The molecular weight excluding hydrogens is 312 g/mol. The molecule has 0 spiro atoms. The van der Waals surface area contributed by atoms with Gasteiger partial charge >= 0.3 is 0 Å². The normalized spacial score (nSPS) is 17.0. The first-order chi connectivity index (χ1) is 10.8. The number of hydrogen-bond donors (Lipinski definition) is 0. The monoisotopic (exact) mass is 340 g/mol. The van der Waals surface area contributed by atoms with Crippen molar-refractivity contribution in [3.63, 3.8) is 0 Å². The van der Waals surface area contributed by atoms with Crippen LogP contribution in [0.25, 0.3) is 0 Å². The van der Waals surface area contributed by atoms with Crippen LogP contribution in [0.2, 0.25) is 0 Å². The number of benzene rings is 1. The minimum absolute atomic E-state index is 0.0169. The molecule has 0 aromatic heterocycles. The van der Waals surface area contributed by atoms with Gasteiger partial charge < -0.3 is 4.74 Å². The summed E-state index contributed by atoms with van der Waals surface area (Å²) in [4.78, 5) is 0. The topological polar surface area (TPSA) is 49.9 Å². The number of ether oxygens (including phenoxy) is 1. The molecule has 5 nitrogen and oxygen atoms in total. The van der Waals surface area contributed by atoms with Crippen molar-refractivity contribution in [3.05, 3.63) is 29.8 Å². The van der Waals surface area contributed by atoms with E-state index in [0.29, 0.717) is 12.5 Å². The minimum Gasteiger partial charge on any atom is -0.497 e. The maximum atomic E-state index is 13.0. The highest BCUT2D eigenvalue weighted by molar-refractivity contribution is 7.86. The molecule has 1 aromatic carbocycles. The van der Waals surface area contributed by atoms with E-state index in [1.807, 2.05) is 45.0 Å². The summed E-state index contributed by atoms with van der Waals surface area (Å²) in [5.74, 6) is 1.25. The minimum atomic E-state index is -3.48. The van der Waals surface area contributed by atoms with Crippen LogP contribution in [-0.2, 0) is 16.8 Å². The zero-order valence-corrected chi connectivity index (χ0v) is 15.5. The fourth-order valence-electron chi connectivity index (χ4n) is 2.59. The Labute approximate surface area is 140 Å². The van der Waals surface area contributed by atoms with E-state index >= 15 is 0 Å². The van der Waals surface area contributed by atoms with E-state index in [1.165, 1.54) is 4.31 Å². The van der Waals surface area contributed by atoms with Gasteiger partial charge in [0.2, 0.25) is 0 Å². The number of rotatable bonds is 8. The maximum absolute atomic E-state index is 13.0. The summed E-state index contributed by atoms with van der Waals surface area (Å²) < 4.78 is 34.3. The zero-order valence-electron chi connectivity index (χ0n) is 14.7. The molecule has 1 aromatic rings. The van der Waals surface area contributed by atoms with Gasteiger partial charge in [0.15, 0.2) is 0 Å². The maximum Gasteiger partial charge on any atom is 0.282 e. The van der Waals surface area contributed by atoms with Crippen LogP contribution in [-0.4, -0.2) is 43.3 Å². The van der Waals surface area contributed by atoms with Gasteiger partial charge in [-0.05, 0) is 57.2 Å². The van der Waals surface area contributed by atoms with Crippen molar-refractivity contribution in [1.29, 1.82) is 0 Å². The van der Waals surface area contributed by atoms with Gasteiger partial charge in [0, 0.05) is 25.7 Å². The molecule has 0 aliphatic heterocycles. The Morgan fingerprint density at radius 1 is 1.17 bits per heavy atom. The second-order valence-corrected chi connectivity index (χ2v) is 8.53. The summed E-state index contributed by atoms with van der Waals surface area (Å²) in [6.07, 6.45) is 2.22. The standard InChI is InChI=1S/C17H28N2O3S/c1-13(2)18(4)23(20,21)19(14(3)16-8-9-16)12-15-6-10-17(22-5)11-7-15/h6-7,10-11,13-14,16H,8-9,12H2,1-5H3. The summed E-state index contributed by atoms with van der Waals surface area (Å²) >= 11 is 0. The van der Waals surface area contributed by atoms with Crippen molar-refractivity contribution in [2.45, 2.75) is 52.2 Å². The summed E-state index contributed by atoms with van der Waals surface area (Å²) in [6.45, 7) is 6.20. The van der Waals surface area contributed by atoms with E-state index in [-0.39, 0.29) is 12.1 Å². The second-order valence-electron chi connectivity index (χ2n) is 6.59. The molecule has 0 amide bonds. The molecule has 23 heavy (non-hydrogen) atoms. The number of methoxy groups -OCH3 is 1. The molecule has 0 radical (unpaired) electrons. The molecule has 1 aliphatic rings. The SMILES string of the molecule is COc1ccc(CN(C(C)C2CC2)S(=O)(=O)N(C)C(C)C)cc1. The van der Waals surface area contributed by atoms with E-state index < -0.39 is 10.2 Å². The first-order valence-electron chi connectivity index (χ1n) is 8.15. The lowest BCUT2D eigenvalue weighted by Crippen LogP contribution is -2.48. The molecule has 1 fully saturated rings. The Balaban J connectivity index is 2.26. The van der Waals surface area contributed by atoms with Gasteiger partial charge in [-0.3, -0.25) is 0 Å². The van der Waals surface area contributed by atoms with Gasteiger partial charge in [-0.25, -0.2) is 0 Å². The third-order valence-electron chi connectivity index (χ3n) is 4.64. The Morgan fingerprint density at radius 2 is 1.74 bits per heavy atom. The van der Waals surface area contributed by atoms with Crippen molar-refractivity contribution in [2.24, 2.45) is 5.92 Å². The molecule has 0 N–H and O–H groups in total. The van der Waals surface area contributed by atoms with Crippen molar-refractivity contribution in [3.8, 4) is 5.75 Å². The van der Waals surface area contributed by atoms with E-state index in [9.17, 15) is 8.42 Å². The first-order valence-corrected chi connectivity index (χ1v) is 9.54. The van der Waals surface area contributed by atoms with Crippen molar-refractivity contribution >= 4 is 10.2 Å². The zero-order chi connectivity index (χ0) is 17.2.